The Hall–Kier alpha value is -1.97. The van der Waals surface area contributed by atoms with E-state index in [1.54, 1.807) is 4.68 Å². The Labute approximate surface area is 106 Å². The average Bonchev–Trinajstić information content (AvgIpc) is 2.76. The number of hydrogen-bond acceptors (Lipinski definition) is 3. The molecular formula is C14H17N3O. The second-order valence-corrected chi connectivity index (χ2v) is 5.44. The Morgan fingerprint density at radius 2 is 2.11 bits per heavy atom. The number of ether oxygens (including phenoxy) is 1. The zero-order valence-electron chi connectivity index (χ0n) is 10.9. The lowest BCUT2D eigenvalue weighted by Crippen LogP contribution is -2.24. The quantitative estimate of drug-likeness (QED) is 0.836. The number of fused-ring (bicyclic) bond motifs is 1. The van der Waals surface area contributed by atoms with Crippen molar-refractivity contribution in [2.24, 2.45) is 7.05 Å². The molecule has 0 saturated carbocycles. The number of nitrogens with zero attached hydrogens (tertiary/aromatic N) is 2. The van der Waals surface area contributed by atoms with Crippen molar-refractivity contribution in [2.45, 2.75) is 25.9 Å². The molecule has 2 aromatic rings. The summed E-state index contributed by atoms with van der Waals surface area (Å²) in [5, 5.41) is 4.38. The van der Waals surface area contributed by atoms with E-state index < -0.39 is 0 Å². The Morgan fingerprint density at radius 3 is 2.78 bits per heavy atom. The normalized spacial score (nSPS) is 16.4. The van der Waals surface area contributed by atoms with Crippen molar-refractivity contribution in [3.8, 4) is 17.0 Å². The Balaban J connectivity index is 2.02. The first kappa shape index (κ1) is 11.1. The standard InChI is InChI=1S/C14H17N3O/c1-14(2)8-10-5-4-9(6-12(10)18-14)11-7-13(15)17(3)16-11/h4-7H,8,15H2,1-3H3. The summed E-state index contributed by atoms with van der Waals surface area (Å²) in [6.45, 7) is 4.21. The van der Waals surface area contributed by atoms with E-state index in [1.165, 1.54) is 5.56 Å². The summed E-state index contributed by atoms with van der Waals surface area (Å²) in [7, 11) is 1.84. The van der Waals surface area contributed by atoms with Gasteiger partial charge in [-0.3, -0.25) is 4.68 Å². The van der Waals surface area contributed by atoms with E-state index in [-0.39, 0.29) is 5.60 Å². The number of nitrogens with two attached hydrogens (primary N) is 1. The minimum atomic E-state index is -0.107. The maximum Gasteiger partial charge on any atom is 0.124 e. The summed E-state index contributed by atoms with van der Waals surface area (Å²) in [6, 6.07) is 8.11. The van der Waals surface area contributed by atoms with Crippen LogP contribution in [0.5, 0.6) is 5.75 Å². The molecule has 1 aliphatic heterocycles. The third-order valence-corrected chi connectivity index (χ3v) is 3.28. The molecule has 0 bridgehead atoms. The van der Waals surface area contributed by atoms with Gasteiger partial charge in [0, 0.05) is 25.1 Å². The third kappa shape index (κ3) is 1.74. The lowest BCUT2D eigenvalue weighted by Gasteiger charge is -2.16. The second kappa shape index (κ2) is 3.51. The van der Waals surface area contributed by atoms with E-state index in [2.05, 4.69) is 31.1 Å². The van der Waals surface area contributed by atoms with E-state index in [4.69, 9.17) is 10.5 Å². The molecule has 0 saturated heterocycles. The molecule has 0 aliphatic carbocycles. The van der Waals surface area contributed by atoms with Crippen LogP contribution in [0.2, 0.25) is 0 Å². The summed E-state index contributed by atoms with van der Waals surface area (Å²) in [6.07, 6.45) is 0.951. The number of rotatable bonds is 1. The zero-order chi connectivity index (χ0) is 12.9. The molecule has 0 spiro atoms. The molecule has 18 heavy (non-hydrogen) atoms. The Bertz CT molecular complexity index is 594. The molecule has 2 heterocycles. The third-order valence-electron chi connectivity index (χ3n) is 3.28. The number of aryl methyl sites for hydroxylation is 1. The number of aromatic nitrogens is 2. The molecule has 0 radical (unpaired) electrons. The van der Waals surface area contributed by atoms with E-state index >= 15 is 0 Å². The van der Waals surface area contributed by atoms with E-state index in [0.29, 0.717) is 5.82 Å². The van der Waals surface area contributed by atoms with Gasteiger partial charge in [-0.25, -0.2) is 0 Å². The smallest absolute Gasteiger partial charge is 0.124 e. The molecule has 0 atom stereocenters. The number of hydrogen-bond donors (Lipinski definition) is 1. The predicted octanol–water partition coefficient (Wildman–Crippen LogP) is 2.38. The predicted molar refractivity (Wildman–Crippen MR) is 71.5 cm³/mol. The first-order valence-corrected chi connectivity index (χ1v) is 6.06. The van der Waals surface area contributed by atoms with Gasteiger partial charge >= 0.3 is 0 Å². The van der Waals surface area contributed by atoms with Crippen LogP contribution in [-0.4, -0.2) is 15.4 Å². The van der Waals surface area contributed by atoms with E-state index in [1.807, 2.05) is 19.2 Å². The molecule has 0 fully saturated rings. The van der Waals surface area contributed by atoms with Crippen molar-refractivity contribution < 1.29 is 4.74 Å². The van der Waals surface area contributed by atoms with Gasteiger partial charge < -0.3 is 10.5 Å². The van der Waals surface area contributed by atoms with E-state index in [0.717, 1.165) is 23.4 Å². The average molecular weight is 243 g/mol. The van der Waals surface area contributed by atoms with Crippen LogP contribution in [-0.2, 0) is 13.5 Å². The van der Waals surface area contributed by atoms with Gasteiger partial charge in [-0.2, -0.15) is 5.10 Å². The molecule has 94 valence electrons. The van der Waals surface area contributed by atoms with Gasteiger partial charge in [-0.05, 0) is 25.5 Å². The maximum absolute atomic E-state index is 5.93. The van der Waals surface area contributed by atoms with Crippen molar-refractivity contribution in [3.05, 3.63) is 29.8 Å². The van der Waals surface area contributed by atoms with Crippen LogP contribution in [0.25, 0.3) is 11.3 Å². The number of anilines is 1. The van der Waals surface area contributed by atoms with Crippen LogP contribution in [0.15, 0.2) is 24.3 Å². The van der Waals surface area contributed by atoms with Gasteiger partial charge in [0.2, 0.25) is 0 Å². The highest BCUT2D eigenvalue weighted by atomic mass is 16.5. The largest absolute Gasteiger partial charge is 0.487 e. The highest BCUT2D eigenvalue weighted by molar-refractivity contribution is 5.65. The molecule has 1 aromatic carbocycles. The molecule has 0 unspecified atom stereocenters. The summed E-state index contributed by atoms with van der Waals surface area (Å²) in [5.74, 6) is 1.62. The van der Waals surface area contributed by atoms with Crippen LogP contribution in [0, 0.1) is 0 Å². The molecule has 4 nitrogen and oxygen atoms in total. The maximum atomic E-state index is 5.93. The summed E-state index contributed by atoms with van der Waals surface area (Å²) in [4.78, 5) is 0. The number of nitrogen functional groups attached to an aromatic ring is 1. The summed E-state index contributed by atoms with van der Waals surface area (Å²) < 4.78 is 7.60. The molecule has 3 rings (SSSR count). The van der Waals surface area contributed by atoms with Gasteiger partial charge in [0.25, 0.3) is 0 Å². The van der Waals surface area contributed by atoms with Gasteiger partial charge in [-0.15, -0.1) is 0 Å². The van der Waals surface area contributed by atoms with Gasteiger partial charge in [-0.1, -0.05) is 12.1 Å². The molecule has 1 aliphatic rings. The Kier molecular flexibility index (Phi) is 2.17. The lowest BCUT2D eigenvalue weighted by molar-refractivity contribution is 0.138. The van der Waals surface area contributed by atoms with Crippen LogP contribution in [0.1, 0.15) is 19.4 Å². The van der Waals surface area contributed by atoms with Gasteiger partial charge in [0.15, 0.2) is 0 Å². The lowest BCUT2D eigenvalue weighted by atomic mass is 10.0. The monoisotopic (exact) mass is 243 g/mol. The summed E-state index contributed by atoms with van der Waals surface area (Å²) in [5.41, 5.74) is 8.87. The molecule has 4 heteroatoms. The van der Waals surface area contributed by atoms with Crippen molar-refractivity contribution >= 4 is 5.82 Å². The topological polar surface area (TPSA) is 53.1 Å². The van der Waals surface area contributed by atoms with Gasteiger partial charge in [0.05, 0.1) is 5.69 Å². The molecule has 2 N–H and O–H groups in total. The van der Waals surface area contributed by atoms with Crippen LogP contribution in [0.4, 0.5) is 5.82 Å². The zero-order valence-corrected chi connectivity index (χ0v) is 10.9. The number of benzene rings is 1. The highest BCUT2D eigenvalue weighted by Crippen LogP contribution is 2.37. The van der Waals surface area contributed by atoms with Crippen LogP contribution >= 0.6 is 0 Å². The highest BCUT2D eigenvalue weighted by Gasteiger charge is 2.30. The molecule has 1 aromatic heterocycles. The summed E-state index contributed by atoms with van der Waals surface area (Å²) >= 11 is 0. The Morgan fingerprint density at radius 1 is 1.33 bits per heavy atom. The van der Waals surface area contributed by atoms with Crippen molar-refractivity contribution in [1.29, 1.82) is 0 Å². The van der Waals surface area contributed by atoms with Crippen molar-refractivity contribution in [1.82, 2.24) is 9.78 Å². The SMILES string of the molecule is Cn1nc(-c2ccc3c(c2)OC(C)(C)C3)cc1N. The first-order chi connectivity index (χ1) is 8.44. The fraction of sp³-hybridized carbons (Fsp3) is 0.357. The fourth-order valence-electron chi connectivity index (χ4n) is 2.37. The van der Waals surface area contributed by atoms with Gasteiger partial charge in [0.1, 0.15) is 17.2 Å². The van der Waals surface area contributed by atoms with Crippen molar-refractivity contribution in [3.63, 3.8) is 0 Å². The van der Waals surface area contributed by atoms with Crippen LogP contribution < -0.4 is 10.5 Å². The molecular weight excluding hydrogens is 226 g/mol. The van der Waals surface area contributed by atoms with Crippen molar-refractivity contribution in [2.75, 3.05) is 5.73 Å². The second-order valence-electron chi connectivity index (χ2n) is 5.44. The first-order valence-electron chi connectivity index (χ1n) is 6.06. The van der Waals surface area contributed by atoms with Crippen LogP contribution in [0.3, 0.4) is 0 Å². The molecule has 0 amide bonds. The van der Waals surface area contributed by atoms with E-state index in [9.17, 15) is 0 Å². The fourth-order valence-corrected chi connectivity index (χ4v) is 2.37. The minimum absolute atomic E-state index is 0.107. The minimum Gasteiger partial charge on any atom is -0.487 e.